The highest BCUT2D eigenvalue weighted by atomic mass is 32.1. The summed E-state index contributed by atoms with van der Waals surface area (Å²) in [7, 11) is 0. The van der Waals surface area contributed by atoms with E-state index in [-0.39, 0.29) is 0 Å². The van der Waals surface area contributed by atoms with E-state index in [4.69, 9.17) is 9.47 Å². The predicted octanol–water partition coefficient (Wildman–Crippen LogP) is 10.6. The van der Waals surface area contributed by atoms with Crippen molar-refractivity contribution in [1.82, 2.24) is 0 Å². The minimum Gasteiger partial charge on any atom is -0.453 e. The van der Waals surface area contributed by atoms with Gasteiger partial charge in [-0.3, -0.25) is 0 Å². The second kappa shape index (κ2) is 8.37. The zero-order valence-corrected chi connectivity index (χ0v) is 21.1. The Morgan fingerprint density at radius 1 is 0.500 bits per heavy atom. The van der Waals surface area contributed by atoms with Crippen molar-refractivity contribution in [3.05, 3.63) is 127 Å². The number of anilines is 3. The Kier molecular flexibility index (Phi) is 4.69. The van der Waals surface area contributed by atoms with Gasteiger partial charge in [-0.1, -0.05) is 72.8 Å². The lowest BCUT2D eigenvalue weighted by Gasteiger charge is -2.27. The van der Waals surface area contributed by atoms with Gasteiger partial charge in [-0.25, -0.2) is 0 Å². The zero-order valence-electron chi connectivity index (χ0n) is 20.3. The van der Waals surface area contributed by atoms with Crippen LogP contribution in [0.25, 0.3) is 30.9 Å². The van der Waals surface area contributed by atoms with Crippen LogP contribution in [0, 0.1) is 0 Å². The molecule has 0 bridgehead atoms. The fraction of sp³-hybridized carbons (Fsp3) is 0. The molecule has 2 heterocycles. The van der Waals surface area contributed by atoms with E-state index in [1.165, 1.54) is 20.2 Å². The summed E-state index contributed by atoms with van der Waals surface area (Å²) in [5.74, 6) is 2.97. The number of para-hydroxylation sites is 2. The van der Waals surface area contributed by atoms with Crippen molar-refractivity contribution in [2.24, 2.45) is 0 Å². The standard InChI is InChI=1S/C34H21NO2S/c1-2-11-23(12-3-1)35(24-19-20-26-25-13-4-5-18-31(25)38-32(26)21-24)27-14-8-17-30-34(27)37-29-16-7-10-22-9-6-15-28(36-30)33(22)29/h1-21H. The van der Waals surface area contributed by atoms with E-state index in [0.717, 1.165) is 39.3 Å². The highest BCUT2D eigenvalue weighted by Gasteiger charge is 2.25. The quantitative estimate of drug-likeness (QED) is 0.237. The summed E-state index contributed by atoms with van der Waals surface area (Å²) in [5.41, 5.74) is 3.02. The number of thiophene rings is 1. The number of nitrogens with zero attached hydrogens (tertiary/aromatic N) is 1. The summed E-state index contributed by atoms with van der Waals surface area (Å²) in [4.78, 5) is 2.25. The second-order valence-corrected chi connectivity index (χ2v) is 10.5. The molecule has 3 nitrogen and oxygen atoms in total. The van der Waals surface area contributed by atoms with E-state index < -0.39 is 0 Å². The third kappa shape index (κ3) is 3.28. The molecule has 0 radical (unpaired) electrons. The maximum atomic E-state index is 6.70. The van der Waals surface area contributed by atoms with Gasteiger partial charge < -0.3 is 14.4 Å². The molecule has 0 saturated heterocycles. The summed E-state index contributed by atoms with van der Waals surface area (Å²) in [6.07, 6.45) is 0. The van der Waals surface area contributed by atoms with E-state index in [0.29, 0.717) is 11.5 Å². The SMILES string of the molecule is c1ccc(N(c2ccc3c(c2)sc2ccccc23)c2cccc3c2Oc2cccc4cccc(c24)O3)cc1. The normalized spacial score (nSPS) is 12.1. The molecule has 0 unspecified atom stereocenters. The van der Waals surface area contributed by atoms with Crippen LogP contribution in [0.1, 0.15) is 0 Å². The van der Waals surface area contributed by atoms with E-state index in [1.54, 1.807) is 0 Å². The van der Waals surface area contributed by atoms with Crippen molar-refractivity contribution in [3.63, 3.8) is 0 Å². The molecule has 1 aliphatic heterocycles. The molecule has 0 fully saturated rings. The summed E-state index contributed by atoms with van der Waals surface area (Å²) in [5, 5.41) is 4.64. The first-order valence-corrected chi connectivity index (χ1v) is 13.4. The number of hydrogen-bond donors (Lipinski definition) is 0. The van der Waals surface area contributed by atoms with Gasteiger partial charge in [0.05, 0.1) is 11.1 Å². The summed E-state index contributed by atoms with van der Waals surface area (Å²) in [6, 6.07) is 44.1. The first-order valence-electron chi connectivity index (χ1n) is 12.6. The number of benzene rings is 6. The number of ether oxygens (including phenoxy) is 2. The topological polar surface area (TPSA) is 21.7 Å². The van der Waals surface area contributed by atoms with Crippen LogP contribution in [0.4, 0.5) is 17.1 Å². The molecule has 180 valence electrons. The predicted molar refractivity (Wildman–Crippen MR) is 158 cm³/mol. The van der Waals surface area contributed by atoms with Gasteiger partial charge in [0, 0.05) is 31.5 Å². The van der Waals surface area contributed by atoms with Crippen LogP contribution in [-0.2, 0) is 0 Å². The third-order valence-electron chi connectivity index (χ3n) is 7.09. The molecule has 0 amide bonds. The largest absolute Gasteiger partial charge is 0.453 e. The van der Waals surface area contributed by atoms with Crippen LogP contribution in [0.15, 0.2) is 127 Å². The molecular formula is C34H21NO2S. The maximum absolute atomic E-state index is 6.70. The van der Waals surface area contributed by atoms with Crippen molar-refractivity contribution < 1.29 is 9.47 Å². The van der Waals surface area contributed by atoms with Crippen molar-refractivity contribution in [3.8, 4) is 23.0 Å². The molecule has 7 aromatic rings. The highest BCUT2D eigenvalue weighted by Crippen LogP contribution is 2.52. The fourth-order valence-corrected chi connectivity index (χ4v) is 6.53. The Hall–Kier alpha value is -4.80. The molecule has 0 N–H and O–H groups in total. The van der Waals surface area contributed by atoms with Crippen molar-refractivity contribution in [2.45, 2.75) is 0 Å². The Bertz CT molecular complexity index is 1990. The molecule has 38 heavy (non-hydrogen) atoms. The first kappa shape index (κ1) is 21.3. The molecule has 6 aromatic carbocycles. The van der Waals surface area contributed by atoms with Crippen LogP contribution < -0.4 is 14.4 Å². The third-order valence-corrected chi connectivity index (χ3v) is 8.23. The van der Waals surface area contributed by atoms with Gasteiger partial charge in [0.25, 0.3) is 0 Å². The molecule has 1 aliphatic rings. The second-order valence-electron chi connectivity index (χ2n) is 9.37. The molecule has 0 saturated carbocycles. The molecule has 1 aromatic heterocycles. The summed E-state index contributed by atoms with van der Waals surface area (Å²) in [6.45, 7) is 0. The summed E-state index contributed by atoms with van der Waals surface area (Å²) >= 11 is 1.82. The van der Waals surface area contributed by atoms with Crippen LogP contribution in [-0.4, -0.2) is 0 Å². The van der Waals surface area contributed by atoms with E-state index in [2.05, 4.69) is 89.8 Å². The lowest BCUT2D eigenvalue weighted by Crippen LogP contribution is -2.11. The van der Waals surface area contributed by atoms with Crippen LogP contribution in [0.5, 0.6) is 23.0 Å². The minimum atomic E-state index is 0.690. The number of rotatable bonds is 3. The van der Waals surface area contributed by atoms with E-state index in [1.807, 2.05) is 53.8 Å². The van der Waals surface area contributed by atoms with Crippen LogP contribution in [0.3, 0.4) is 0 Å². The van der Waals surface area contributed by atoms with Gasteiger partial charge in [0.2, 0.25) is 0 Å². The van der Waals surface area contributed by atoms with Gasteiger partial charge in [0.15, 0.2) is 11.5 Å². The van der Waals surface area contributed by atoms with Gasteiger partial charge in [-0.05, 0) is 60.0 Å². The van der Waals surface area contributed by atoms with Crippen LogP contribution in [0.2, 0.25) is 0 Å². The molecule has 0 aliphatic carbocycles. The minimum absolute atomic E-state index is 0.690. The maximum Gasteiger partial charge on any atom is 0.193 e. The molecular weight excluding hydrogens is 486 g/mol. The zero-order chi connectivity index (χ0) is 25.1. The highest BCUT2D eigenvalue weighted by molar-refractivity contribution is 7.25. The van der Waals surface area contributed by atoms with Gasteiger partial charge >= 0.3 is 0 Å². The van der Waals surface area contributed by atoms with Crippen molar-refractivity contribution in [2.75, 3.05) is 4.90 Å². The van der Waals surface area contributed by atoms with Crippen molar-refractivity contribution >= 4 is 59.3 Å². The Morgan fingerprint density at radius 2 is 1.21 bits per heavy atom. The lowest BCUT2D eigenvalue weighted by atomic mass is 10.1. The average Bonchev–Trinajstić information content (AvgIpc) is 3.24. The van der Waals surface area contributed by atoms with Crippen molar-refractivity contribution in [1.29, 1.82) is 0 Å². The van der Waals surface area contributed by atoms with E-state index >= 15 is 0 Å². The Labute approximate surface area is 223 Å². The average molecular weight is 508 g/mol. The first-order chi connectivity index (χ1) is 18.8. The fourth-order valence-electron chi connectivity index (χ4n) is 5.39. The number of fused-ring (bicyclic) bond motifs is 4. The molecule has 4 heteroatoms. The molecule has 8 rings (SSSR count). The lowest BCUT2D eigenvalue weighted by molar-refractivity contribution is 0.440. The number of hydrogen-bond acceptors (Lipinski definition) is 4. The molecule has 0 spiro atoms. The van der Waals surface area contributed by atoms with Gasteiger partial charge in [-0.15, -0.1) is 11.3 Å². The van der Waals surface area contributed by atoms with Crippen LogP contribution >= 0.6 is 11.3 Å². The monoisotopic (exact) mass is 507 g/mol. The van der Waals surface area contributed by atoms with Gasteiger partial charge in [0.1, 0.15) is 11.5 Å². The van der Waals surface area contributed by atoms with Gasteiger partial charge in [-0.2, -0.15) is 0 Å². The Balaban J connectivity index is 1.35. The Morgan fingerprint density at radius 3 is 2.08 bits per heavy atom. The molecule has 0 atom stereocenters. The smallest absolute Gasteiger partial charge is 0.193 e. The summed E-state index contributed by atoms with van der Waals surface area (Å²) < 4.78 is 15.7. The van der Waals surface area contributed by atoms with E-state index in [9.17, 15) is 0 Å².